The van der Waals surface area contributed by atoms with Gasteiger partial charge in [-0.25, -0.2) is 13.9 Å². The number of benzene rings is 1. The van der Waals surface area contributed by atoms with Gasteiger partial charge < -0.3 is 9.47 Å². The fourth-order valence-electron chi connectivity index (χ4n) is 2.03. The number of carbonyl (C=O) groups is 1. The smallest absolute Gasteiger partial charge is 0.344 e. The number of hydrogen-bond donors (Lipinski definition) is 0. The van der Waals surface area contributed by atoms with Gasteiger partial charge in [-0.05, 0) is 31.3 Å². The van der Waals surface area contributed by atoms with Gasteiger partial charge in [0.2, 0.25) is 0 Å². The van der Waals surface area contributed by atoms with Crippen molar-refractivity contribution in [3.63, 3.8) is 0 Å². The molecule has 0 amide bonds. The summed E-state index contributed by atoms with van der Waals surface area (Å²) in [4.78, 5) is 23.7. The Bertz CT molecular complexity index is 942. The van der Waals surface area contributed by atoms with E-state index in [1.165, 1.54) is 29.4 Å². The Balaban J connectivity index is 2.50. The highest BCUT2D eigenvalue weighted by Crippen LogP contribution is 2.31. The average molecular weight is 388 g/mol. The van der Waals surface area contributed by atoms with E-state index >= 15 is 0 Å². The molecule has 0 aliphatic heterocycles. The molecular formula is C15H15ClFN3O4S. The highest BCUT2D eigenvalue weighted by molar-refractivity contribution is 7.71. The molecule has 0 atom stereocenters. The number of hydrogen-bond acceptors (Lipinski definition) is 6. The van der Waals surface area contributed by atoms with Crippen LogP contribution in [0.1, 0.15) is 6.92 Å². The highest BCUT2D eigenvalue weighted by atomic mass is 35.5. The standard InChI is InChI=1S/C15H15ClFN3O4S/c1-4-23-12(21)7-24-11-5-8(10(17)6-9(11)16)13-14(22)19(2)15(25)20(3)18-13/h5-6H,4,7H2,1-3H3. The second-order valence-corrected chi connectivity index (χ2v) is 5.75. The first kappa shape index (κ1) is 19.1. The minimum Gasteiger partial charge on any atom is -0.480 e. The van der Waals surface area contributed by atoms with Crippen molar-refractivity contribution < 1.29 is 18.7 Å². The predicted molar refractivity (Wildman–Crippen MR) is 91.8 cm³/mol. The molecule has 0 saturated heterocycles. The van der Waals surface area contributed by atoms with Gasteiger partial charge in [0.25, 0.3) is 5.56 Å². The van der Waals surface area contributed by atoms with Crippen molar-refractivity contribution in [2.45, 2.75) is 6.92 Å². The molecule has 0 aliphatic rings. The van der Waals surface area contributed by atoms with Crippen molar-refractivity contribution in [3.8, 4) is 17.0 Å². The zero-order valence-corrected chi connectivity index (χ0v) is 15.3. The van der Waals surface area contributed by atoms with Gasteiger partial charge in [0.1, 0.15) is 11.6 Å². The lowest BCUT2D eigenvalue weighted by molar-refractivity contribution is -0.145. The van der Waals surface area contributed by atoms with E-state index in [0.29, 0.717) is 0 Å². The van der Waals surface area contributed by atoms with Crippen LogP contribution in [0.3, 0.4) is 0 Å². The summed E-state index contributed by atoms with van der Waals surface area (Å²) in [5.74, 6) is -1.32. The highest BCUT2D eigenvalue weighted by Gasteiger charge is 2.18. The van der Waals surface area contributed by atoms with E-state index in [-0.39, 0.29) is 33.4 Å². The Kier molecular flexibility index (Phi) is 5.91. The van der Waals surface area contributed by atoms with Crippen molar-refractivity contribution in [2.24, 2.45) is 14.1 Å². The van der Waals surface area contributed by atoms with Crippen LogP contribution in [-0.4, -0.2) is 33.5 Å². The fraction of sp³-hybridized carbons (Fsp3) is 0.333. The Morgan fingerprint density at radius 2 is 2.08 bits per heavy atom. The van der Waals surface area contributed by atoms with E-state index in [1.54, 1.807) is 6.92 Å². The summed E-state index contributed by atoms with van der Waals surface area (Å²) in [6.45, 7) is 1.46. The third-order valence-corrected chi connectivity index (χ3v) is 4.08. The second kappa shape index (κ2) is 7.75. The van der Waals surface area contributed by atoms with Crippen LogP contribution in [0.5, 0.6) is 5.75 Å². The largest absolute Gasteiger partial charge is 0.480 e. The van der Waals surface area contributed by atoms with Crippen LogP contribution >= 0.6 is 23.8 Å². The third-order valence-electron chi connectivity index (χ3n) is 3.25. The van der Waals surface area contributed by atoms with Gasteiger partial charge in [0.15, 0.2) is 17.1 Å². The normalized spacial score (nSPS) is 10.6. The number of rotatable bonds is 5. The van der Waals surface area contributed by atoms with Crippen molar-refractivity contribution in [1.82, 2.24) is 14.3 Å². The molecule has 0 radical (unpaired) electrons. The molecule has 25 heavy (non-hydrogen) atoms. The van der Waals surface area contributed by atoms with Gasteiger partial charge in [0.05, 0.1) is 11.6 Å². The van der Waals surface area contributed by atoms with E-state index < -0.39 is 24.0 Å². The molecule has 0 spiro atoms. The maximum atomic E-state index is 14.3. The molecule has 0 saturated carbocycles. The Morgan fingerprint density at radius 3 is 2.72 bits per heavy atom. The Morgan fingerprint density at radius 1 is 1.40 bits per heavy atom. The SMILES string of the molecule is CCOC(=O)COc1cc(-c2nn(C)c(=S)n(C)c2=O)c(F)cc1Cl. The molecule has 1 aromatic heterocycles. The number of halogens is 2. The summed E-state index contributed by atoms with van der Waals surface area (Å²) in [6.07, 6.45) is 0. The second-order valence-electron chi connectivity index (χ2n) is 4.98. The van der Waals surface area contributed by atoms with E-state index in [4.69, 9.17) is 33.3 Å². The Labute approximate surface area is 152 Å². The van der Waals surface area contributed by atoms with Gasteiger partial charge in [-0.2, -0.15) is 5.10 Å². The molecule has 2 aromatic rings. The number of ether oxygens (including phenoxy) is 2. The lowest BCUT2D eigenvalue weighted by Gasteiger charge is -2.12. The van der Waals surface area contributed by atoms with Crippen LogP contribution in [0, 0.1) is 10.6 Å². The van der Waals surface area contributed by atoms with E-state index in [9.17, 15) is 14.0 Å². The first-order chi connectivity index (χ1) is 11.8. The van der Waals surface area contributed by atoms with Gasteiger partial charge in [0, 0.05) is 19.7 Å². The summed E-state index contributed by atoms with van der Waals surface area (Å²) in [5.41, 5.74) is -0.844. The molecule has 10 heteroatoms. The van der Waals surface area contributed by atoms with Crippen LogP contribution in [0.25, 0.3) is 11.3 Å². The van der Waals surface area contributed by atoms with E-state index in [1.807, 2.05) is 0 Å². The number of esters is 1. The Hall–Kier alpha value is -2.26. The van der Waals surface area contributed by atoms with Gasteiger partial charge in [-0.15, -0.1) is 0 Å². The summed E-state index contributed by atoms with van der Waals surface area (Å²) >= 11 is 11.0. The summed E-state index contributed by atoms with van der Waals surface area (Å²) < 4.78 is 27.0. The molecule has 1 aromatic carbocycles. The summed E-state index contributed by atoms with van der Waals surface area (Å²) in [5, 5.41) is 3.96. The van der Waals surface area contributed by atoms with Crippen molar-refractivity contribution in [1.29, 1.82) is 0 Å². The molecule has 2 rings (SSSR count). The number of aryl methyl sites for hydroxylation is 1. The van der Waals surface area contributed by atoms with Crippen LogP contribution in [0.15, 0.2) is 16.9 Å². The third kappa shape index (κ3) is 4.05. The minimum atomic E-state index is -0.754. The topological polar surface area (TPSA) is 75.3 Å². The monoisotopic (exact) mass is 387 g/mol. The lowest BCUT2D eigenvalue weighted by Crippen LogP contribution is -2.26. The number of carbonyl (C=O) groups excluding carboxylic acids is 1. The van der Waals surface area contributed by atoms with Crippen LogP contribution in [-0.2, 0) is 23.6 Å². The maximum absolute atomic E-state index is 14.3. The van der Waals surface area contributed by atoms with Gasteiger partial charge in [-0.1, -0.05) is 11.6 Å². The number of nitrogens with zero attached hydrogens (tertiary/aromatic N) is 3. The lowest BCUT2D eigenvalue weighted by atomic mass is 10.1. The fourth-order valence-corrected chi connectivity index (χ4v) is 2.36. The zero-order chi connectivity index (χ0) is 18.7. The zero-order valence-electron chi connectivity index (χ0n) is 13.7. The first-order valence-corrected chi connectivity index (χ1v) is 7.97. The molecule has 0 fully saturated rings. The maximum Gasteiger partial charge on any atom is 0.344 e. The molecule has 7 nitrogen and oxygen atoms in total. The molecular weight excluding hydrogens is 373 g/mol. The summed E-state index contributed by atoms with van der Waals surface area (Å²) in [7, 11) is 3.00. The molecule has 1 heterocycles. The van der Waals surface area contributed by atoms with Gasteiger partial charge >= 0.3 is 5.97 Å². The predicted octanol–water partition coefficient (Wildman–Crippen LogP) is 2.25. The average Bonchev–Trinajstić information content (AvgIpc) is 2.56. The molecule has 0 unspecified atom stereocenters. The molecule has 134 valence electrons. The molecule has 0 aliphatic carbocycles. The minimum absolute atomic E-state index is 0.0278. The van der Waals surface area contributed by atoms with E-state index in [0.717, 1.165) is 6.07 Å². The van der Waals surface area contributed by atoms with Crippen LogP contribution in [0.4, 0.5) is 4.39 Å². The molecule has 0 N–H and O–H groups in total. The quantitative estimate of drug-likeness (QED) is 0.578. The van der Waals surface area contributed by atoms with Gasteiger partial charge in [-0.3, -0.25) is 9.36 Å². The van der Waals surface area contributed by atoms with Crippen molar-refractivity contribution in [2.75, 3.05) is 13.2 Å². The molecule has 0 bridgehead atoms. The van der Waals surface area contributed by atoms with Crippen molar-refractivity contribution >= 4 is 29.8 Å². The van der Waals surface area contributed by atoms with E-state index in [2.05, 4.69) is 5.10 Å². The first-order valence-electron chi connectivity index (χ1n) is 7.18. The number of aromatic nitrogens is 3. The van der Waals surface area contributed by atoms with Crippen molar-refractivity contribution in [3.05, 3.63) is 38.1 Å². The van der Waals surface area contributed by atoms with Crippen LogP contribution in [0.2, 0.25) is 5.02 Å². The summed E-state index contributed by atoms with van der Waals surface area (Å²) in [6, 6.07) is 2.20. The van der Waals surface area contributed by atoms with Crippen LogP contribution < -0.4 is 10.3 Å².